The number of hydrogen-bond acceptors (Lipinski definition) is 5. The van der Waals surface area contributed by atoms with Crippen molar-refractivity contribution in [3.8, 4) is 0 Å². The average molecular weight is 290 g/mol. The average Bonchev–Trinajstić information content (AvgIpc) is 2.84. The number of amides is 2. The number of carboxylic acid groups (broad SMARTS) is 1. The van der Waals surface area contributed by atoms with Gasteiger partial charge in [-0.3, -0.25) is 0 Å². The molecule has 8 nitrogen and oxygen atoms in total. The van der Waals surface area contributed by atoms with Crippen molar-refractivity contribution in [3.63, 3.8) is 0 Å². The Hall–Kier alpha value is -2.90. The van der Waals surface area contributed by atoms with Crippen LogP contribution in [-0.4, -0.2) is 27.2 Å². The Morgan fingerprint density at radius 1 is 1.33 bits per heavy atom. The van der Waals surface area contributed by atoms with E-state index in [4.69, 9.17) is 9.63 Å². The zero-order chi connectivity index (χ0) is 15.4. The highest BCUT2D eigenvalue weighted by atomic mass is 16.5. The Morgan fingerprint density at radius 2 is 2.10 bits per heavy atom. The van der Waals surface area contributed by atoms with Crippen LogP contribution in [0.5, 0.6) is 0 Å². The number of nitrogens with zero attached hydrogens (tertiary/aromatic N) is 2. The molecule has 0 fully saturated rings. The number of carbonyl (C=O) groups is 2. The molecule has 0 unspecified atom stereocenters. The molecular formula is C13H14N4O4. The van der Waals surface area contributed by atoms with Crippen LogP contribution in [0.3, 0.4) is 0 Å². The molecule has 2 aromatic rings. The Morgan fingerprint density at radius 3 is 2.71 bits per heavy atom. The van der Waals surface area contributed by atoms with E-state index in [9.17, 15) is 9.59 Å². The molecule has 1 heterocycles. The van der Waals surface area contributed by atoms with Gasteiger partial charge in [0, 0.05) is 6.92 Å². The van der Waals surface area contributed by atoms with Crippen molar-refractivity contribution < 1.29 is 19.2 Å². The summed E-state index contributed by atoms with van der Waals surface area (Å²) in [7, 11) is 0. The van der Waals surface area contributed by atoms with Crippen LogP contribution in [0.4, 0.5) is 10.5 Å². The third-order valence-corrected chi connectivity index (χ3v) is 2.72. The summed E-state index contributed by atoms with van der Waals surface area (Å²) in [5.74, 6) is -0.368. The minimum atomic E-state index is -1.11. The maximum atomic E-state index is 11.8. The first-order valence-corrected chi connectivity index (χ1v) is 6.14. The number of carbonyl (C=O) groups excluding carboxylic acids is 1. The van der Waals surface area contributed by atoms with Gasteiger partial charge in [0.25, 0.3) is 0 Å². The molecule has 21 heavy (non-hydrogen) atoms. The van der Waals surface area contributed by atoms with Crippen LogP contribution in [0.25, 0.3) is 0 Å². The van der Waals surface area contributed by atoms with E-state index in [2.05, 4.69) is 20.8 Å². The van der Waals surface area contributed by atoms with Crippen molar-refractivity contribution in [1.82, 2.24) is 15.5 Å². The molecule has 2 amide bonds. The number of urea groups is 1. The molecule has 0 bridgehead atoms. The van der Waals surface area contributed by atoms with Crippen molar-refractivity contribution in [2.45, 2.75) is 20.4 Å². The molecule has 0 radical (unpaired) electrons. The van der Waals surface area contributed by atoms with Crippen LogP contribution in [-0.2, 0) is 6.54 Å². The van der Waals surface area contributed by atoms with Crippen molar-refractivity contribution in [2.75, 3.05) is 5.32 Å². The summed E-state index contributed by atoms with van der Waals surface area (Å²) in [6.07, 6.45) is 0. The zero-order valence-electron chi connectivity index (χ0n) is 11.5. The molecule has 0 saturated heterocycles. The van der Waals surface area contributed by atoms with Gasteiger partial charge in [-0.2, -0.15) is 4.98 Å². The van der Waals surface area contributed by atoms with Crippen LogP contribution in [0.2, 0.25) is 0 Å². The summed E-state index contributed by atoms with van der Waals surface area (Å²) >= 11 is 0. The van der Waals surface area contributed by atoms with E-state index in [1.54, 1.807) is 26.0 Å². The first kappa shape index (κ1) is 14.5. The molecule has 0 aliphatic carbocycles. The summed E-state index contributed by atoms with van der Waals surface area (Å²) in [5.41, 5.74) is 0.938. The van der Waals surface area contributed by atoms with Crippen molar-refractivity contribution in [2.24, 2.45) is 0 Å². The monoisotopic (exact) mass is 290 g/mol. The highest BCUT2D eigenvalue weighted by Crippen LogP contribution is 2.20. The molecule has 1 aromatic carbocycles. The standard InChI is InChI=1S/C13H14N4O4/c1-7-4-3-5-9(12(18)19)11(7)16-13(20)14-6-10-15-8(2)21-17-10/h3-5H,6H2,1-2H3,(H,18,19)(H2,14,16,20). The molecule has 110 valence electrons. The molecule has 3 N–H and O–H groups in total. The Bertz CT molecular complexity index is 681. The van der Waals surface area contributed by atoms with Gasteiger partial charge in [0.1, 0.15) is 0 Å². The number of aryl methyl sites for hydroxylation is 2. The van der Waals surface area contributed by atoms with Crippen LogP contribution in [0.15, 0.2) is 22.7 Å². The molecule has 8 heteroatoms. The second kappa shape index (κ2) is 6.04. The first-order valence-electron chi connectivity index (χ1n) is 6.14. The lowest BCUT2D eigenvalue weighted by molar-refractivity contribution is 0.0698. The van der Waals surface area contributed by atoms with E-state index in [1.165, 1.54) is 6.07 Å². The Kier molecular flexibility index (Phi) is 4.17. The number of anilines is 1. The fourth-order valence-electron chi connectivity index (χ4n) is 1.74. The van der Waals surface area contributed by atoms with Crippen molar-refractivity contribution in [1.29, 1.82) is 0 Å². The van der Waals surface area contributed by atoms with Crippen molar-refractivity contribution >= 4 is 17.7 Å². The molecule has 0 aliphatic heterocycles. The van der Waals surface area contributed by atoms with Crippen LogP contribution in [0, 0.1) is 13.8 Å². The lowest BCUT2D eigenvalue weighted by Gasteiger charge is -2.11. The number of aromatic carboxylic acids is 1. The minimum Gasteiger partial charge on any atom is -0.478 e. The normalized spacial score (nSPS) is 10.2. The van der Waals surface area contributed by atoms with Gasteiger partial charge in [-0.05, 0) is 18.6 Å². The summed E-state index contributed by atoms with van der Waals surface area (Å²) in [4.78, 5) is 26.9. The second-order valence-electron chi connectivity index (χ2n) is 4.34. The van der Waals surface area contributed by atoms with E-state index >= 15 is 0 Å². The summed E-state index contributed by atoms with van der Waals surface area (Å²) in [5, 5.41) is 17.8. The van der Waals surface area contributed by atoms with Gasteiger partial charge in [-0.15, -0.1) is 0 Å². The summed E-state index contributed by atoms with van der Waals surface area (Å²) in [6, 6.07) is 4.21. The Labute approximate surface area is 120 Å². The Balaban J connectivity index is 2.04. The molecule has 1 aromatic heterocycles. The van der Waals surface area contributed by atoms with Gasteiger partial charge < -0.3 is 20.3 Å². The predicted octanol–water partition coefficient (Wildman–Crippen LogP) is 1.71. The van der Waals surface area contributed by atoms with E-state index in [1.807, 2.05) is 0 Å². The van der Waals surface area contributed by atoms with Gasteiger partial charge in [0.05, 0.1) is 17.8 Å². The maximum Gasteiger partial charge on any atom is 0.337 e. The highest BCUT2D eigenvalue weighted by molar-refractivity contribution is 6.00. The fraction of sp³-hybridized carbons (Fsp3) is 0.231. The number of carboxylic acids is 1. The van der Waals surface area contributed by atoms with E-state index in [0.717, 1.165) is 0 Å². The molecule has 2 rings (SSSR count). The number of hydrogen-bond donors (Lipinski definition) is 3. The smallest absolute Gasteiger partial charge is 0.337 e. The lowest BCUT2D eigenvalue weighted by Crippen LogP contribution is -2.29. The van der Waals surface area contributed by atoms with E-state index in [-0.39, 0.29) is 17.8 Å². The quantitative estimate of drug-likeness (QED) is 0.789. The molecule has 0 atom stereocenters. The lowest BCUT2D eigenvalue weighted by atomic mass is 10.1. The van der Waals surface area contributed by atoms with Crippen LogP contribution in [0.1, 0.15) is 27.6 Å². The number of para-hydroxylation sites is 1. The van der Waals surface area contributed by atoms with Crippen LogP contribution < -0.4 is 10.6 Å². The van der Waals surface area contributed by atoms with Gasteiger partial charge in [0.2, 0.25) is 5.89 Å². The van der Waals surface area contributed by atoms with Gasteiger partial charge in [-0.1, -0.05) is 17.3 Å². The molecular weight excluding hydrogens is 276 g/mol. The van der Waals surface area contributed by atoms with Gasteiger partial charge >= 0.3 is 12.0 Å². The minimum absolute atomic E-state index is 0.0283. The zero-order valence-corrected chi connectivity index (χ0v) is 11.5. The topological polar surface area (TPSA) is 117 Å². The number of rotatable bonds is 4. The number of aromatic nitrogens is 2. The predicted molar refractivity (Wildman–Crippen MR) is 73.0 cm³/mol. The first-order chi connectivity index (χ1) is 9.97. The SMILES string of the molecule is Cc1nc(CNC(=O)Nc2c(C)cccc2C(=O)O)no1. The third-order valence-electron chi connectivity index (χ3n) is 2.72. The highest BCUT2D eigenvalue weighted by Gasteiger charge is 2.14. The van der Waals surface area contributed by atoms with Gasteiger partial charge in [0.15, 0.2) is 5.82 Å². The third kappa shape index (κ3) is 3.56. The fourth-order valence-corrected chi connectivity index (χ4v) is 1.74. The second-order valence-corrected chi connectivity index (χ2v) is 4.34. The number of benzene rings is 1. The molecule has 0 spiro atoms. The maximum absolute atomic E-state index is 11.8. The molecule has 0 saturated carbocycles. The van der Waals surface area contributed by atoms with E-state index < -0.39 is 12.0 Å². The molecule has 0 aliphatic rings. The number of nitrogens with one attached hydrogen (secondary N) is 2. The summed E-state index contributed by atoms with van der Waals surface area (Å²) in [6.45, 7) is 3.44. The van der Waals surface area contributed by atoms with Crippen LogP contribution >= 0.6 is 0 Å². The summed E-state index contributed by atoms with van der Waals surface area (Å²) < 4.78 is 4.77. The largest absolute Gasteiger partial charge is 0.478 e. The van der Waals surface area contributed by atoms with E-state index in [0.29, 0.717) is 17.3 Å². The van der Waals surface area contributed by atoms with Crippen molar-refractivity contribution in [3.05, 3.63) is 41.0 Å². The van der Waals surface area contributed by atoms with Gasteiger partial charge in [-0.25, -0.2) is 9.59 Å².